The number of hydrogen-bond acceptors (Lipinski definition) is 11. The lowest BCUT2D eigenvalue weighted by atomic mass is 9.97. The fourth-order valence-electron chi connectivity index (χ4n) is 4.26. The summed E-state index contributed by atoms with van der Waals surface area (Å²) in [6.07, 6.45) is -1.37. The van der Waals surface area contributed by atoms with Crippen LogP contribution in [0.2, 0.25) is 0 Å². The molecule has 0 rings (SSSR count). The van der Waals surface area contributed by atoms with Gasteiger partial charge in [0.2, 0.25) is 41.4 Å². The van der Waals surface area contributed by atoms with Crippen molar-refractivity contribution in [2.45, 2.75) is 103 Å². The second-order valence-electron chi connectivity index (χ2n) is 11.9. The molecule has 0 aromatic carbocycles. The molecule has 0 fully saturated rings. The Bertz CT molecular complexity index is 1210. The van der Waals surface area contributed by atoms with Crippen LogP contribution >= 0.6 is 0 Å². The molecule has 0 heterocycles. The minimum atomic E-state index is -1.73. The van der Waals surface area contributed by atoms with Crippen LogP contribution in [0.15, 0.2) is 0 Å². The van der Waals surface area contributed by atoms with Crippen LogP contribution in [-0.4, -0.2) is 118 Å². The van der Waals surface area contributed by atoms with Crippen LogP contribution < -0.4 is 43.4 Å². The Hall–Kier alpha value is -4.85. The second kappa shape index (κ2) is 21.9. The molecular weight excluding hydrogens is 652 g/mol. The van der Waals surface area contributed by atoms with E-state index in [1.165, 1.54) is 6.92 Å². The summed E-state index contributed by atoms with van der Waals surface area (Å²) in [6.45, 7) is 6.54. The number of carboxylic acids is 2. The highest BCUT2D eigenvalue weighted by atomic mass is 16.4. The molecule has 0 bridgehead atoms. The molecule has 0 saturated heterocycles. The number of aliphatic carboxylic acids is 2. The van der Waals surface area contributed by atoms with E-state index in [-0.39, 0.29) is 12.3 Å². The molecule has 0 aromatic rings. The summed E-state index contributed by atoms with van der Waals surface area (Å²) in [7, 11) is 0. The van der Waals surface area contributed by atoms with Crippen LogP contribution in [0.25, 0.3) is 0 Å². The minimum absolute atomic E-state index is 0.0499. The Kier molecular flexibility index (Phi) is 19.7. The highest BCUT2D eigenvalue weighted by Crippen LogP contribution is 2.11. The van der Waals surface area contributed by atoms with Crippen LogP contribution in [0.1, 0.15) is 66.7 Å². The van der Waals surface area contributed by atoms with Crippen molar-refractivity contribution < 1.29 is 58.5 Å². The molecule has 0 saturated carbocycles. The van der Waals surface area contributed by atoms with Crippen molar-refractivity contribution in [2.24, 2.45) is 23.3 Å². The molecule has 0 aliphatic carbocycles. The Morgan fingerprint density at radius 1 is 0.673 bits per heavy atom. The number of carboxylic acid groups (broad SMARTS) is 2. The third kappa shape index (κ3) is 16.7. The molecule has 0 radical (unpaired) electrons. The summed E-state index contributed by atoms with van der Waals surface area (Å²) in [5.41, 5.74) is 10.4. The molecule has 0 aliphatic rings. The molecule has 0 aromatic heterocycles. The zero-order valence-electron chi connectivity index (χ0n) is 28.2. The molecule has 0 unspecified atom stereocenters. The Labute approximate surface area is 283 Å². The molecule has 0 spiro atoms. The smallest absolute Gasteiger partial charge is 0.326 e. The fraction of sp³-hybridized carbons (Fsp3) is 0.690. The van der Waals surface area contributed by atoms with Crippen LogP contribution in [0.5, 0.6) is 0 Å². The average molecular weight is 703 g/mol. The SMILES string of the molecule is CC[C@H](C)[C@H](NC(=O)[C@H](CO)NC(=O)[C@H](CC(N)=O)NC(=O)[C@H](C)NC(=O)CN)C(=O)N[C@@H](CCC(=O)O)C(=O)N[C@@H](CC(C)C)C(=O)O. The number of hydrogen-bond donors (Lipinski definition) is 11. The first-order chi connectivity index (χ1) is 22.8. The van der Waals surface area contributed by atoms with Gasteiger partial charge in [0, 0.05) is 6.42 Å². The van der Waals surface area contributed by atoms with Gasteiger partial charge >= 0.3 is 11.9 Å². The molecule has 278 valence electrons. The quantitative estimate of drug-likeness (QED) is 0.0481. The maximum Gasteiger partial charge on any atom is 0.326 e. The molecule has 20 heteroatoms. The van der Waals surface area contributed by atoms with Crippen molar-refractivity contribution in [1.29, 1.82) is 0 Å². The zero-order valence-corrected chi connectivity index (χ0v) is 28.2. The molecule has 7 amide bonds. The summed E-state index contributed by atoms with van der Waals surface area (Å²) in [4.78, 5) is 111. The number of primary amides is 1. The van der Waals surface area contributed by atoms with Gasteiger partial charge in [-0.3, -0.25) is 38.4 Å². The third-order valence-electron chi connectivity index (χ3n) is 7.20. The van der Waals surface area contributed by atoms with E-state index < -0.39 is 128 Å². The van der Waals surface area contributed by atoms with Gasteiger partial charge in [-0.1, -0.05) is 34.1 Å². The van der Waals surface area contributed by atoms with E-state index in [9.17, 15) is 53.4 Å². The number of amides is 7. The first-order valence-electron chi connectivity index (χ1n) is 15.6. The number of carbonyl (C=O) groups excluding carboxylic acids is 7. The predicted molar refractivity (Wildman–Crippen MR) is 171 cm³/mol. The number of aliphatic hydroxyl groups is 1. The monoisotopic (exact) mass is 702 g/mol. The molecule has 13 N–H and O–H groups in total. The largest absolute Gasteiger partial charge is 0.481 e. The maximum atomic E-state index is 13.4. The standard InChI is InChI=1S/C29H50N8O12/c1-6-14(4)23(28(47)33-16(7-8-22(41)42)25(44)35-18(29(48)49)9-13(2)3)37-27(46)19(12-38)36-26(45)17(10-20(31)39)34-24(43)15(5)32-21(40)11-30/h13-19,23,38H,6-12,30H2,1-5H3,(H2,31,39)(H,32,40)(H,33,47)(H,34,43)(H,35,44)(H,36,45)(H,37,46)(H,41,42)(H,48,49)/t14-,15-,16-,17-,18-,19-,23-/m0/s1. The summed E-state index contributed by atoms with van der Waals surface area (Å²) in [6, 6.07) is -8.79. The molecule has 7 atom stereocenters. The third-order valence-corrected chi connectivity index (χ3v) is 7.20. The van der Waals surface area contributed by atoms with E-state index in [2.05, 4.69) is 31.9 Å². The van der Waals surface area contributed by atoms with E-state index in [1.54, 1.807) is 27.7 Å². The topological polar surface area (TPSA) is 339 Å². The van der Waals surface area contributed by atoms with Crippen molar-refractivity contribution >= 4 is 53.3 Å². The average Bonchev–Trinajstić information content (AvgIpc) is 3.01. The lowest BCUT2D eigenvalue weighted by Gasteiger charge is -2.29. The zero-order chi connectivity index (χ0) is 38.0. The highest BCUT2D eigenvalue weighted by Gasteiger charge is 2.35. The number of nitrogens with two attached hydrogens (primary N) is 2. The summed E-state index contributed by atoms with van der Waals surface area (Å²) >= 11 is 0. The molecule has 0 aliphatic heterocycles. The molecule has 20 nitrogen and oxygen atoms in total. The first-order valence-corrected chi connectivity index (χ1v) is 15.6. The Morgan fingerprint density at radius 2 is 1.18 bits per heavy atom. The fourth-order valence-corrected chi connectivity index (χ4v) is 4.26. The molecule has 49 heavy (non-hydrogen) atoms. The van der Waals surface area contributed by atoms with E-state index in [4.69, 9.17) is 16.6 Å². The van der Waals surface area contributed by atoms with Crippen LogP contribution in [0.3, 0.4) is 0 Å². The van der Waals surface area contributed by atoms with Gasteiger partial charge in [-0.2, -0.15) is 0 Å². The van der Waals surface area contributed by atoms with Crippen molar-refractivity contribution in [2.75, 3.05) is 13.2 Å². The lowest BCUT2D eigenvalue weighted by Crippen LogP contribution is -2.61. The predicted octanol–water partition coefficient (Wildman–Crippen LogP) is -4.22. The van der Waals surface area contributed by atoms with Gasteiger partial charge < -0.3 is 58.7 Å². The highest BCUT2D eigenvalue weighted by molar-refractivity contribution is 5.98. The summed E-state index contributed by atoms with van der Waals surface area (Å²) in [5, 5.41) is 42.3. The van der Waals surface area contributed by atoms with Gasteiger partial charge in [-0.05, 0) is 31.6 Å². The minimum Gasteiger partial charge on any atom is -0.481 e. The van der Waals surface area contributed by atoms with Gasteiger partial charge in [0.15, 0.2) is 0 Å². The van der Waals surface area contributed by atoms with Gasteiger partial charge in [0.05, 0.1) is 19.6 Å². The Morgan fingerprint density at radius 3 is 1.65 bits per heavy atom. The number of rotatable bonds is 23. The summed E-state index contributed by atoms with van der Waals surface area (Å²) in [5.74, 6) is -10.1. The summed E-state index contributed by atoms with van der Waals surface area (Å²) < 4.78 is 0. The van der Waals surface area contributed by atoms with Crippen LogP contribution in [0.4, 0.5) is 0 Å². The van der Waals surface area contributed by atoms with Crippen LogP contribution in [0, 0.1) is 11.8 Å². The van der Waals surface area contributed by atoms with Gasteiger partial charge in [0.1, 0.15) is 36.3 Å². The lowest BCUT2D eigenvalue weighted by molar-refractivity contribution is -0.143. The Balaban J connectivity index is 6.01. The van der Waals surface area contributed by atoms with Crippen molar-refractivity contribution in [3.63, 3.8) is 0 Å². The number of aliphatic hydroxyl groups excluding tert-OH is 1. The van der Waals surface area contributed by atoms with Gasteiger partial charge in [-0.15, -0.1) is 0 Å². The van der Waals surface area contributed by atoms with Crippen molar-refractivity contribution in [1.82, 2.24) is 31.9 Å². The second-order valence-corrected chi connectivity index (χ2v) is 11.9. The normalized spacial score (nSPS) is 15.2. The first kappa shape index (κ1) is 44.1. The van der Waals surface area contributed by atoms with Crippen molar-refractivity contribution in [3.8, 4) is 0 Å². The van der Waals surface area contributed by atoms with E-state index in [0.29, 0.717) is 6.42 Å². The maximum absolute atomic E-state index is 13.4. The van der Waals surface area contributed by atoms with Gasteiger partial charge in [0.25, 0.3) is 0 Å². The van der Waals surface area contributed by atoms with E-state index in [0.717, 1.165) is 0 Å². The van der Waals surface area contributed by atoms with E-state index >= 15 is 0 Å². The van der Waals surface area contributed by atoms with Crippen molar-refractivity contribution in [3.05, 3.63) is 0 Å². The van der Waals surface area contributed by atoms with Crippen LogP contribution in [-0.2, 0) is 43.2 Å². The van der Waals surface area contributed by atoms with E-state index in [1.807, 2.05) is 0 Å². The number of nitrogens with one attached hydrogen (secondary N) is 6. The molecular formula is C29H50N8O12. The van der Waals surface area contributed by atoms with Gasteiger partial charge in [-0.25, -0.2) is 4.79 Å². The number of carbonyl (C=O) groups is 9.